The van der Waals surface area contributed by atoms with Crippen LogP contribution in [0.15, 0.2) is 35.5 Å². The predicted molar refractivity (Wildman–Crippen MR) is 75.0 cm³/mol. The number of carbonyl (C=O) groups is 1. The van der Waals surface area contributed by atoms with E-state index in [0.717, 1.165) is 0 Å². The van der Waals surface area contributed by atoms with Gasteiger partial charge in [0.1, 0.15) is 5.15 Å². The molecule has 0 saturated heterocycles. The molecular formula is C12H8Cl2N2O2S. The fourth-order valence-corrected chi connectivity index (χ4v) is 2.59. The predicted octanol–water partition coefficient (Wildman–Crippen LogP) is 3.77. The van der Waals surface area contributed by atoms with Crippen molar-refractivity contribution in [3.8, 4) is 0 Å². The van der Waals surface area contributed by atoms with Gasteiger partial charge in [-0.1, -0.05) is 35.0 Å². The minimum absolute atomic E-state index is 0.197. The Balaban J connectivity index is 2.12. The monoisotopic (exact) mass is 314 g/mol. The summed E-state index contributed by atoms with van der Waals surface area (Å²) < 4.78 is 0. The Morgan fingerprint density at radius 3 is 2.84 bits per heavy atom. The van der Waals surface area contributed by atoms with Crippen LogP contribution in [0.25, 0.3) is 0 Å². The summed E-state index contributed by atoms with van der Waals surface area (Å²) in [5, 5.41) is 10.4. The van der Waals surface area contributed by atoms with E-state index in [1.54, 1.807) is 12.1 Å². The second-order valence-electron chi connectivity index (χ2n) is 3.54. The Hall–Kier alpha value is -1.30. The molecule has 98 valence electrons. The van der Waals surface area contributed by atoms with Crippen LogP contribution < -0.4 is 0 Å². The Morgan fingerprint density at radius 1 is 1.32 bits per heavy atom. The number of hydrogen-bond acceptors (Lipinski definition) is 4. The fraction of sp³-hybridized carbons (Fsp3) is 0.0833. The summed E-state index contributed by atoms with van der Waals surface area (Å²) in [7, 11) is 0. The minimum atomic E-state index is -0.983. The number of aromatic nitrogens is 2. The van der Waals surface area contributed by atoms with E-state index in [-0.39, 0.29) is 5.56 Å². The molecule has 2 heterocycles. The van der Waals surface area contributed by atoms with E-state index in [0.29, 0.717) is 26.6 Å². The van der Waals surface area contributed by atoms with Crippen LogP contribution in [0.4, 0.5) is 0 Å². The number of halogens is 2. The van der Waals surface area contributed by atoms with Crippen molar-refractivity contribution in [2.75, 3.05) is 0 Å². The Labute approximate surface area is 123 Å². The van der Waals surface area contributed by atoms with Gasteiger partial charge in [0, 0.05) is 11.9 Å². The van der Waals surface area contributed by atoms with Gasteiger partial charge in [-0.2, -0.15) is 0 Å². The van der Waals surface area contributed by atoms with Crippen molar-refractivity contribution in [2.24, 2.45) is 0 Å². The molecule has 7 heteroatoms. The molecule has 2 aromatic rings. The van der Waals surface area contributed by atoms with Crippen molar-refractivity contribution in [2.45, 2.75) is 10.8 Å². The van der Waals surface area contributed by atoms with E-state index in [9.17, 15) is 4.79 Å². The molecule has 0 aliphatic rings. The van der Waals surface area contributed by atoms with Crippen molar-refractivity contribution >= 4 is 40.9 Å². The van der Waals surface area contributed by atoms with E-state index < -0.39 is 5.97 Å². The van der Waals surface area contributed by atoms with Crippen molar-refractivity contribution in [1.29, 1.82) is 0 Å². The molecule has 0 aromatic carbocycles. The molecule has 4 nitrogen and oxygen atoms in total. The lowest BCUT2D eigenvalue weighted by molar-refractivity contribution is 0.0696. The first-order valence-corrected chi connectivity index (χ1v) is 6.93. The van der Waals surface area contributed by atoms with Crippen LogP contribution in [-0.4, -0.2) is 21.0 Å². The van der Waals surface area contributed by atoms with Gasteiger partial charge in [0.15, 0.2) is 0 Å². The number of carboxylic acid groups (broad SMARTS) is 1. The van der Waals surface area contributed by atoms with Crippen molar-refractivity contribution in [3.63, 3.8) is 0 Å². The van der Waals surface area contributed by atoms with Crippen LogP contribution in [0, 0.1) is 0 Å². The summed E-state index contributed by atoms with van der Waals surface area (Å²) in [6.07, 6.45) is 1.46. The average molecular weight is 315 g/mol. The lowest BCUT2D eigenvalue weighted by atomic mass is 10.3. The molecule has 2 rings (SSSR count). The molecule has 0 aliphatic carbocycles. The normalized spacial score (nSPS) is 10.4. The third-order valence-electron chi connectivity index (χ3n) is 2.22. The third kappa shape index (κ3) is 3.83. The molecule has 0 unspecified atom stereocenters. The maximum atomic E-state index is 10.8. The van der Waals surface area contributed by atoms with Crippen LogP contribution in [0.5, 0.6) is 0 Å². The van der Waals surface area contributed by atoms with Gasteiger partial charge >= 0.3 is 5.97 Å². The second kappa shape index (κ2) is 6.23. The quantitative estimate of drug-likeness (QED) is 0.687. The van der Waals surface area contributed by atoms with Gasteiger partial charge in [0.25, 0.3) is 0 Å². The Kier molecular flexibility index (Phi) is 4.63. The lowest BCUT2D eigenvalue weighted by Gasteiger charge is -2.04. The van der Waals surface area contributed by atoms with E-state index in [4.69, 9.17) is 28.3 Å². The van der Waals surface area contributed by atoms with Gasteiger partial charge in [-0.3, -0.25) is 0 Å². The van der Waals surface area contributed by atoms with Crippen LogP contribution in [-0.2, 0) is 5.75 Å². The number of hydrogen-bond donors (Lipinski definition) is 1. The molecule has 2 aromatic heterocycles. The molecule has 0 radical (unpaired) electrons. The SMILES string of the molecule is O=C(O)c1ccnc(SCc2nc(Cl)ccc2Cl)c1. The van der Waals surface area contributed by atoms with Gasteiger partial charge in [-0.15, -0.1) is 0 Å². The van der Waals surface area contributed by atoms with Gasteiger partial charge < -0.3 is 5.11 Å². The molecule has 0 fully saturated rings. The van der Waals surface area contributed by atoms with E-state index in [1.807, 2.05) is 0 Å². The van der Waals surface area contributed by atoms with Crippen LogP contribution >= 0.6 is 35.0 Å². The van der Waals surface area contributed by atoms with Gasteiger partial charge in [0.2, 0.25) is 0 Å². The number of pyridine rings is 2. The molecule has 0 aliphatic heterocycles. The Bertz CT molecular complexity index is 622. The van der Waals surface area contributed by atoms with Gasteiger partial charge in [-0.05, 0) is 24.3 Å². The summed E-state index contributed by atoms with van der Waals surface area (Å²) >= 11 is 13.1. The first-order chi connectivity index (χ1) is 9.06. The molecule has 0 atom stereocenters. The topological polar surface area (TPSA) is 63.1 Å². The van der Waals surface area contributed by atoms with Crippen LogP contribution in [0.3, 0.4) is 0 Å². The number of thioether (sulfide) groups is 1. The highest BCUT2D eigenvalue weighted by molar-refractivity contribution is 7.98. The van der Waals surface area contributed by atoms with Crippen molar-refractivity contribution in [3.05, 3.63) is 51.9 Å². The van der Waals surface area contributed by atoms with E-state index >= 15 is 0 Å². The van der Waals surface area contributed by atoms with Gasteiger partial charge in [-0.25, -0.2) is 14.8 Å². The summed E-state index contributed by atoms with van der Waals surface area (Å²) in [5.41, 5.74) is 0.837. The largest absolute Gasteiger partial charge is 0.478 e. The first-order valence-electron chi connectivity index (χ1n) is 5.19. The smallest absolute Gasteiger partial charge is 0.335 e. The molecule has 19 heavy (non-hydrogen) atoms. The van der Waals surface area contributed by atoms with E-state index in [1.165, 1.54) is 30.1 Å². The summed E-state index contributed by atoms with van der Waals surface area (Å²) in [4.78, 5) is 19.0. The number of aromatic carboxylic acids is 1. The number of rotatable bonds is 4. The maximum absolute atomic E-state index is 10.8. The molecule has 1 N–H and O–H groups in total. The summed E-state index contributed by atoms with van der Waals surface area (Å²) in [6.45, 7) is 0. The molecular weight excluding hydrogens is 307 g/mol. The summed E-state index contributed by atoms with van der Waals surface area (Å²) in [6, 6.07) is 6.23. The Morgan fingerprint density at radius 2 is 2.11 bits per heavy atom. The molecule has 0 spiro atoms. The van der Waals surface area contributed by atoms with Crippen LogP contribution in [0.1, 0.15) is 16.1 Å². The zero-order chi connectivity index (χ0) is 13.8. The maximum Gasteiger partial charge on any atom is 0.335 e. The fourth-order valence-electron chi connectivity index (χ4n) is 1.32. The molecule has 0 saturated carbocycles. The summed E-state index contributed by atoms with van der Waals surface area (Å²) in [5.74, 6) is -0.515. The second-order valence-corrected chi connectivity index (χ2v) is 5.33. The number of carboxylic acids is 1. The zero-order valence-electron chi connectivity index (χ0n) is 9.51. The highest BCUT2D eigenvalue weighted by Crippen LogP contribution is 2.25. The average Bonchev–Trinajstić information content (AvgIpc) is 2.40. The van der Waals surface area contributed by atoms with Crippen molar-refractivity contribution < 1.29 is 9.90 Å². The highest BCUT2D eigenvalue weighted by atomic mass is 35.5. The van der Waals surface area contributed by atoms with Gasteiger partial charge in [0.05, 0.1) is 21.3 Å². The minimum Gasteiger partial charge on any atom is -0.478 e. The molecule has 0 amide bonds. The highest BCUT2D eigenvalue weighted by Gasteiger charge is 2.07. The zero-order valence-corrected chi connectivity index (χ0v) is 11.8. The third-order valence-corrected chi connectivity index (χ3v) is 3.71. The van der Waals surface area contributed by atoms with Crippen LogP contribution in [0.2, 0.25) is 10.2 Å². The standard InChI is InChI=1S/C12H8Cl2N2O2S/c13-8-1-2-10(14)16-9(8)6-19-11-5-7(12(17)18)3-4-15-11/h1-5H,6H2,(H,17,18). The molecule has 0 bridgehead atoms. The van der Waals surface area contributed by atoms with Crippen molar-refractivity contribution in [1.82, 2.24) is 9.97 Å². The lowest BCUT2D eigenvalue weighted by Crippen LogP contribution is -1.97. The number of nitrogens with zero attached hydrogens (tertiary/aromatic N) is 2. The van der Waals surface area contributed by atoms with E-state index in [2.05, 4.69) is 9.97 Å². The first kappa shape index (κ1) is 14.1.